The highest BCUT2D eigenvalue weighted by molar-refractivity contribution is 5.93. The Morgan fingerprint density at radius 3 is 2.46 bits per heavy atom. The van der Waals surface area contributed by atoms with Gasteiger partial charge in [0.05, 0.1) is 0 Å². The molecule has 1 saturated carbocycles. The molecule has 4 heteroatoms. The highest BCUT2D eigenvalue weighted by Gasteiger charge is 2.22. The van der Waals surface area contributed by atoms with Crippen molar-refractivity contribution < 1.29 is 4.79 Å². The molecular formula is C20H31N3O. The molecule has 1 aromatic rings. The molecule has 4 nitrogen and oxygen atoms in total. The second-order valence-corrected chi connectivity index (χ2v) is 7.24. The largest absolute Gasteiger partial charge is 0.369 e. The van der Waals surface area contributed by atoms with Crippen LogP contribution in [0, 0.1) is 12.8 Å². The first-order valence-corrected chi connectivity index (χ1v) is 9.56. The summed E-state index contributed by atoms with van der Waals surface area (Å²) in [6.07, 6.45) is 5.76. The lowest BCUT2D eigenvalue weighted by molar-refractivity contribution is -0.120. The van der Waals surface area contributed by atoms with Crippen LogP contribution in [0.1, 0.15) is 44.6 Å². The van der Waals surface area contributed by atoms with Crippen molar-refractivity contribution in [1.82, 2.24) is 4.90 Å². The summed E-state index contributed by atoms with van der Waals surface area (Å²) in [6, 6.07) is 6.46. The zero-order valence-electron chi connectivity index (χ0n) is 15.2. The van der Waals surface area contributed by atoms with Gasteiger partial charge in [-0.15, -0.1) is 0 Å². The molecule has 0 spiro atoms. The van der Waals surface area contributed by atoms with Gasteiger partial charge in [0.25, 0.3) is 0 Å². The molecule has 3 rings (SSSR count). The van der Waals surface area contributed by atoms with Gasteiger partial charge in [-0.1, -0.05) is 26.2 Å². The van der Waals surface area contributed by atoms with Gasteiger partial charge in [-0.2, -0.15) is 0 Å². The Bertz CT molecular complexity index is 558. The summed E-state index contributed by atoms with van der Waals surface area (Å²) in [5.74, 6) is 0.419. The molecule has 0 atom stereocenters. The van der Waals surface area contributed by atoms with Crippen molar-refractivity contribution in [2.75, 3.05) is 42.9 Å². The van der Waals surface area contributed by atoms with Crippen molar-refractivity contribution >= 4 is 17.3 Å². The van der Waals surface area contributed by atoms with Gasteiger partial charge in [0.2, 0.25) is 5.91 Å². The molecule has 1 amide bonds. The van der Waals surface area contributed by atoms with Crippen LogP contribution in [0.25, 0.3) is 0 Å². The van der Waals surface area contributed by atoms with Crippen LogP contribution in [-0.4, -0.2) is 43.5 Å². The van der Waals surface area contributed by atoms with Gasteiger partial charge in [-0.3, -0.25) is 4.79 Å². The first-order valence-electron chi connectivity index (χ1n) is 9.56. The molecule has 1 aromatic carbocycles. The van der Waals surface area contributed by atoms with Gasteiger partial charge >= 0.3 is 0 Å². The molecule has 1 aliphatic heterocycles. The number of aryl methyl sites for hydroxylation is 1. The van der Waals surface area contributed by atoms with Crippen LogP contribution >= 0.6 is 0 Å². The zero-order valence-corrected chi connectivity index (χ0v) is 15.2. The fraction of sp³-hybridized carbons (Fsp3) is 0.650. The van der Waals surface area contributed by atoms with Crippen LogP contribution in [0.4, 0.5) is 11.4 Å². The van der Waals surface area contributed by atoms with Crippen LogP contribution in [0.2, 0.25) is 0 Å². The van der Waals surface area contributed by atoms with E-state index in [1.54, 1.807) is 0 Å². The van der Waals surface area contributed by atoms with E-state index in [-0.39, 0.29) is 11.8 Å². The Kier molecular flexibility index (Phi) is 5.77. The molecule has 0 bridgehead atoms. The molecule has 2 aliphatic rings. The standard InChI is InChI=1S/C20H31N3O/c1-3-22-11-13-23(14-12-22)18-9-10-19(16(2)15-18)21-20(24)17-7-5-4-6-8-17/h9-10,15,17H,3-8,11-14H2,1-2H3,(H,21,24). The Morgan fingerprint density at radius 2 is 1.83 bits per heavy atom. The highest BCUT2D eigenvalue weighted by Crippen LogP contribution is 2.27. The van der Waals surface area contributed by atoms with E-state index in [9.17, 15) is 4.79 Å². The maximum Gasteiger partial charge on any atom is 0.227 e. The van der Waals surface area contributed by atoms with Crippen molar-refractivity contribution in [3.05, 3.63) is 23.8 Å². The maximum absolute atomic E-state index is 12.4. The van der Waals surface area contributed by atoms with Crippen LogP contribution in [0.15, 0.2) is 18.2 Å². The van der Waals surface area contributed by atoms with Crippen LogP contribution in [-0.2, 0) is 4.79 Å². The van der Waals surface area contributed by atoms with E-state index < -0.39 is 0 Å². The lowest BCUT2D eigenvalue weighted by Crippen LogP contribution is -2.46. The van der Waals surface area contributed by atoms with Crippen molar-refractivity contribution in [3.63, 3.8) is 0 Å². The van der Waals surface area contributed by atoms with E-state index in [2.05, 4.69) is 47.2 Å². The number of rotatable bonds is 4. The SMILES string of the molecule is CCN1CCN(c2ccc(NC(=O)C3CCCCC3)c(C)c2)CC1. The fourth-order valence-corrected chi connectivity index (χ4v) is 3.91. The molecular weight excluding hydrogens is 298 g/mol. The third-order valence-electron chi connectivity index (χ3n) is 5.63. The number of piperazine rings is 1. The Morgan fingerprint density at radius 1 is 1.12 bits per heavy atom. The van der Waals surface area contributed by atoms with Crippen LogP contribution in [0.3, 0.4) is 0 Å². The number of benzene rings is 1. The maximum atomic E-state index is 12.4. The predicted molar refractivity (Wildman–Crippen MR) is 101 cm³/mol. The minimum atomic E-state index is 0.208. The van der Waals surface area contributed by atoms with Gasteiger partial charge in [-0.05, 0) is 50.1 Å². The minimum absolute atomic E-state index is 0.208. The van der Waals surface area contributed by atoms with Crippen molar-refractivity contribution in [1.29, 1.82) is 0 Å². The molecule has 2 fully saturated rings. The van der Waals surface area contributed by atoms with Crippen LogP contribution < -0.4 is 10.2 Å². The van der Waals surface area contributed by atoms with E-state index >= 15 is 0 Å². The third-order valence-corrected chi connectivity index (χ3v) is 5.63. The smallest absolute Gasteiger partial charge is 0.227 e. The van der Waals surface area contributed by atoms with Gasteiger partial charge in [0.1, 0.15) is 0 Å². The summed E-state index contributed by atoms with van der Waals surface area (Å²) >= 11 is 0. The lowest BCUT2D eigenvalue weighted by Gasteiger charge is -2.35. The Labute approximate surface area is 146 Å². The van der Waals surface area contributed by atoms with E-state index in [4.69, 9.17) is 0 Å². The number of hydrogen-bond donors (Lipinski definition) is 1. The average Bonchev–Trinajstić information content (AvgIpc) is 2.64. The number of nitrogens with zero attached hydrogens (tertiary/aromatic N) is 2. The average molecular weight is 329 g/mol. The van der Waals surface area contributed by atoms with E-state index in [1.165, 1.54) is 24.9 Å². The van der Waals surface area contributed by atoms with Gasteiger partial charge in [0.15, 0.2) is 0 Å². The number of carbonyl (C=O) groups excluding carboxylic acids is 1. The fourth-order valence-electron chi connectivity index (χ4n) is 3.91. The molecule has 1 N–H and O–H groups in total. The molecule has 0 unspecified atom stereocenters. The molecule has 1 saturated heterocycles. The zero-order chi connectivity index (χ0) is 16.9. The molecule has 0 radical (unpaired) electrons. The van der Waals surface area contributed by atoms with Crippen molar-refractivity contribution in [2.24, 2.45) is 5.92 Å². The summed E-state index contributed by atoms with van der Waals surface area (Å²) in [5.41, 5.74) is 3.41. The first-order chi connectivity index (χ1) is 11.7. The topological polar surface area (TPSA) is 35.6 Å². The van der Waals surface area contributed by atoms with Crippen LogP contribution in [0.5, 0.6) is 0 Å². The minimum Gasteiger partial charge on any atom is -0.369 e. The summed E-state index contributed by atoms with van der Waals surface area (Å²) in [7, 11) is 0. The van der Waals surface area contributed by atoms with E-state index in [1.807, 2.05) is 0 Å². The Hall–Kier alpha value is -1.55. The monoisotopic (exact) mass is 329 g/mol. The number of anilines is 2. The molecule has 24 heavy (non-hydrogen) atoms. The number of nitrogens with one attached hydrogen (secondary N) is 1. The number of carbonyl (C=O) groups is 1. The number of amides is 1. The summed E-state index contributed by atoms with van der Waals surface area (Å²) in [4.78, 5) is 17.4. The second-order valence-electron chi connectivity index (χ2n) is 7.24. The molecule has 1 aliphatic carbocycles. The van der Waals surface area contributed by atoms with E-state index in [0.29, 0.717) is 0 Å². The highest BCUT2D eigenvalue weighted by atomic mass is 16.1. The van der Waals surface area contributed by atoms with E-state index in [0.717, 1.165) is 56.8 Å². The molecule has 132 valence electrons. The summed E-state index contributed by atoms with van der Waals surface area (Å²) in [5, 5.41) is 3.16. The third kappa shape index (κ3) is 4.10. The normalized spacial score (nSPS) is 20.2. The molecule has 1 heterocycles. The summed E-state index contributed by atoms with van der Waals surface area (Å²) in [6.45, 7) is 9.90. The van der Waals surface area contributed by atoms with Gasteiger partial charge < -0.3 is 15.1 Å². The quantitative estimate of drug-likeness (QED) is 0.916. The predicted octanol–water partition coefficient (Wildman–Crippen LogP) is 3.66. The first kappa shape index (κ1) is 17.3. The summed E-state index contributed by atoms with van der Waals surface area (Å²) < 4.78 is 0. The lowest BCUT2D eigenvalue weighted by atomic mass is 9.88. The van der Waals surface area contributed by atoms with Gasteiger partial charge in [-0.25, -0.2) is 0 Å². The van der Waals surface area contributed by atoms with Gasteiger partial charge in [0, 0.05) is 43.5 Å². The molecule has 0 aromatic heterocycles. The Balaban J connectivity index is 1.61. The van der Waals surface area contributed by atoms with Crippen molar-refractivity contribution in [3.8, 4) is 0 Å². The number of hydrogen-bond acceptors (Lipinski definition) is 3. The van der Waals surface area contributed by atoms with Crippen molar-refractivity contribution in [2.45, 2.75) is 46.0 Å². The number of likely N-dealkylation sites (N-methyl/N-ethyl adjacent to an activating group) is 1. The second kappa shape index (κ2) is 8.02.